The van der Waals surface area contributed by atoms with E-state index in [1.165, 1.54) is 5.56 Å². The fourth-order valence-corrected chi connectivity index (χ4v) is 1.71. The van der Waals surface area contributed by atoms with Gasteiger partial charge in [-0.2, -0.15) is 5.26 Å². The molecule has 0 unspecified atom stereocenters. The van der Waals surface area contributed by atoms with Crippen LogP contribution in [0.1, 0.15) is 19.4 Å². The van der Waals surface area contributed by atoms with Crippen LogP contribution in [0.15, 0.2) is 18.2 Å². The van der Waals surface area contributed by atoms with Gasteiger partial charge in [0.25, 0.3) is 0 Å². The first kappa shape index (κ1) is 15.3. The molecule has 0 fully saturated rings. The van der Waals surface area contributed by atoms with Crippen LogP contribution in [0.2, 0.25) is 0 Å². The van der Waals surface area contributed by atoms with Gasteiger partial charge in [-0.25, -0.2) is 0 Å². The van der Waals surface area contributed by atoms with Crippen LogP contribution >= 0.6 is 0 Å². The van der Waals surface area contributed by atoms with Crippen LogP contribution in [0, 0.1) is 16.7 Å². The second-order valence-electron chi connectivity index (χ2n) is 5.11. The van der Waals surface area contributed by atoms with Gasteiger partial charge < -0.3 is 14.8 Å². The van der Waals surface area contributed by atoms with Crippen molar-refractivity contribution in [3.63, 3.8) is 0 Å². The standard InChI is InChI=1S/C15H22N2O2/c1-15(2,10-16)11-17-8-7-12-5-6-13(18-3)14(9-12)19-4/h5-6,9,17H,7-8,11H2,1-4H3. The van der Waals surface area contributed by atoms with E-state index in [1.54, 1.807) is 14.2 Å². The Labute approximate surface area is 115 Å². The van der Waals surface area contributed by atoms with Gasteiger partial charge in [0.2, 0.25) is 0 Å². The van der Waals surface area contributed by atoms with E-state index in [4.69, 9.17) is 14.7 Å². The molecule has 4 heteroatoms. The maximum Gasteiger partial charge on any atom is 0.160 e. The molecule has 1 rings (SSSR count). The summed E-state index contributed by atoms with van der Waals surface area (Å²) < 4.78 is 10.5. The Bertz CT molecular complexity index is 450. The number of nitrogens with one attached hydrogen (secondary N) is 1. The molecule has 4 nitrogen and oxygen atoms in total. The maximum atomic E-state index is 8.92. The third-order valence-electron chi connectivity index (χ3n) is 2.91. The molecule has 104 valence electrons. The lowest BCUT2D eigenvalue weighted by Crippen LogP contribution is -2.29. The maximum absolute atomic E-state index is 8.92. The largest absolute Gasteiger partial charge is 0.493 e. The van der Waals surface area contributed by atoms with Gasteiger partial charge in [-0.1, -0.05) is 6.07 Å². The van der Waals surface area contributed by atoms with Crippen molar-refractivity contribution in [2.75, 3.05) is 27.3 Å². The number of hydrogen-bond donors (Lipinski definition) is 1. The molecule has 0 radical (unpaired) electrons. The molecule has 0 saturated carbocycles. The number of ether oxygens (including phenoxy) is 2. The topological polar surface area (TPSA) is 54.3 Å². The monoisotopic (exact) mass is 262 g/mol. The third kappa shape index (κ3) is 4.80. The molecule has 0 amide bonds. The van der Waals surface area contributed by atoms with Gasteiger partial charge in [0.1, 0.15) is 0 Å². The van der Waals surface area contributed by atoms with Gasteiger partial charge in [-0.3, -0.25) is 0 Å². The van der Waals surface area contributed by atoms with Crippen molar-refractivity contribution in [2.24, 2.45) is 5.41 Å². The lowest BCUT2D eigenvalue weighted by atomic mass is 9.96. The van der Waals surface area contributed by atoms with Gasteiger partial charge in [-0.05, 0) is 44.5 Å². The molecule has 19 heavy (non-hydrogen) atoms. The SMILES string of the molecule is COc1ccc(CCNCC(C)(C)C#N)cc1OC. The molecule has 1 N–H and O–H groups in total. The summed E-state index contributed by atoms with van der Waals surface area (Å²) in [6.07, 6.45) is 0.891. The molecule has 0 aliphatic carbocycles. The zero-order valence-electron chi connectivity index (χ0n) is 12.1. The molecule has 0 atom stereocenters. The van der Waals surface area contributed by atoms with E-state index >= 15 is 0 Å². The van der Waals surface area contributed by atoms with Gasteiger partial charge in [0, 0.05) is 6.54 Å². The summed E-state index contributed by atoms with van der Waals surface area (Å²) in [5.41, 5.74) is 0.859. The summed E-state index contributed by atoms with van der Waals surface area (Å²) in [6.45, 7) is 5.38. The summed E-state index contributed by atoms with van der Waals surface area (Å²) in [5, 5.41) is 12.2. The van der Waals surface area contributed by atoms with Crippen LogP contribution in [-0.2, 0) is 6.42 Å². The smallest absolute Gasteiger partial charge is 0.160 e. The molecule has 0 saturated heterocycles. The molecule has 0 aliphatic heterocycles. The molecule has 0 heterocycles. The molecular weight excluding hydrogens is 240 g/mol. The highest BCUT2D eigenvalue weighted by atomic mass is 16.5. The molecule has 1 aromatic rings. The highest BCUT2D eigenvalue weighted by Crippen LogP contribution is 2.27. The van der Waals surface area contributed by atoms with Crippen LogP contribution in [0.3, 0.4) is 0 Å². The Kier molecular flexibility index (Phi) is 5.65. The predicted molar refractivity (Wildman–Crippen MR) is 75.5 cm³/mol. The van der Waals surface area contributed by atoms with E-state index in [0.717, 1.165) is 24.5 Å². The Morgan fingerprint density at radius 2 is 1.89 bits per heavy atom. The summed E-state index contributed by atoms with van der Waals surface area (Å²) in [5.74, 6) is 1.49. The van der Waals surface area contributed by atoms with E-state index in [2.05, 4.69) is 11.4 Å². The Morgan fingerprint density at radius 3 is 2.47 bits per heavy atom. The van der Waals surface area contributed by atoms with Crippen LogP contribution in [0.5, 0.6) is 11.5 Å². The minimum Gasteiger partial charge on any atom is -0.493 e. The molecule has 0 bridgehead atoms. The zero-order chi connectivity index (χ0) is 14.3. The summed E-state index contributed by atoms with van der Waals surface area (Å²) in [4.78, 5) is 0. The molecule has 0 aliphatic rings. The highest BCUT2D eigenvalue weighted by molar-refractivity contribution is 5.42. The molecular formula is C15H22N2O2. The fraction of sp³-hybridized carbons (Fsp3) is 0.533. The van der Waals surface area contributed by atoms with E-state index in [1.807, 2.05) is 32.0 Å². The van der Waals surface area contributed by atoms with Crippen molar-refractivity contribution >= 4 is 0 Å². The predicted octanol–water partition coefficient (Wildman–Crippen LogP) is 2.39. The fourth-order valence-electron chi connectivity index (χ4n) is 1.71. The quantitative estimate of drug-likeness (QED) is 0.767. The van der Waals surface area contributed by atoms with E-state index < -0.39 is 0 Å². The van der Waals surface area contributed by atoms with Crippen molar-refractivity contribution in [2.45, 2.75) is 20.3 Å². The lowest BCUT2D eigenvalue weighted by Gasteiger charge is -2.16. The first-order valence-corrected chi connectivity index (χ1v) is 6.35. The average molecular weight is 262 g/mol. The van der Waals surface area contributed by atoms with Crippen LogP contribution < -0.4 is 14.8 Å². The summed E-state index contributed by atoms with van der Waals surface area (Å²) in [7, 11) is 3.26. The van der Waals surface area contributed by atoms with Crippen molar-refractivity contribution < 1.29 is 9.47 Å². The van der Waals surface area contributed by atoms with Crippen molar-refractivity contribution in [1.29, 1.82) is 5.26 Å². The average Bonchev–Trinajstić information content (AvgIpc) is 2.43. The van der Waals surface area contributed by atoms with Crippen molar-refractivity contribution in [3.8, 4) is 17.6 Å². The first-order valence-electron chi connectivity index (χ1n) is 6.35. The van der Waals surface area contributed by atoms with Crippen LogP contribution in [0.25, 0.3) is 0 Å². The Morgan fingerprint density at radius 1 is 1.21 bits per heavy atom. The van der Waals surface area contributed by atoms with E-state index in [-0.39, 0.29) is 5.41 Å². The Balaban J connectivity index is 2.48. The highest BCUT2D eigenvalue weighted by Gasteiger charge is 2.15. The number of nitrogens with zero attached hydrogens (tertiary/aromatic N) is 1. The van der Waals surface area contributed by atoms with E-state index in [9.17, 15) is 0 Å². The van der Waals surface area contributed by atoms with Gasteiger partial charge in [0.15, 0.2) is 11.5 Å². The number of benzene rings is 1. The van der Waals surface area contributed by atoms with Gasteiger partial charge in [0.05, 0.1) is 25.7 Å². The minimum absolute atomic E-state index is 0.322. The van der Waals surface area contributed by atoms with Crippen LogP contribution in [-0.4, -0.2) is 27.3 Å². The second-order valence-corrected chi connectivity index (χ2v) is 5.11. The van der Waals surface area contributed by atoms with Gasteiger partial charge >= 0.3 is 0 Å². The molecule has 0 spiro atoms. The second kappa shape index (κ2) is 7.01. The molecule has 0 aromatic heterocycles. The van der Waals surface area contributed by atoms with Crippen molar-refractivity contribution in [1.82, 2.24) is 5.32 Å². The first-order chi connectivity index (χ1) is 9.02. The van der Waals surface area contributed by atoms with Crippen LogP contribution in [0.4, 0.5) is 0 Å². The molecule has 1 aromatic carbocycles. The van der Waals surface area contributed by atoms with Crippen molar-refractivity contribution in [3.05, 3.63) is 23.8 Å². The zero-order valence-corrected chi connectivity index (χ0v) is 12.1. The number of methoxy groups -OCH3 is 2. The lowest BCUT2D eigenvalue weighted by molar-refractivity contribution is 0.354. The Hall–Kier alpha value is -1.73. The number of rotatable bonds is 7. The minimum atomic E-state index is -0.322. The number of hydrogen-bond acceptors (Lipinski definition) is 4. The number of nitriles is 1. The van der Waals surface area contributed by atoms with E-state index in [0.29, 0.717) is 6.54 Å². The normalized spacial score (nSPS) is 10.9. The summed E-state index contributed by atoms with van der Waals surface area (Å²) >= 11 is 0. The summed E-state index contributed by atoms with van der Waals surface area (Å²) in [6, 6.07) is 8.19. The third-order valence-corrected chi connectivity index (χ3v) is 2.91. The van der Waals surface area contributed by atoms with Gasteiger partial charge in [-0.15, -0.1) is 0 Å².